The monoisotopic (exact) mass is 303 g/mol. The summed E-state index contributed by atoms with van der Waals surface area (Å²) in [6.07, 6.45) is 0.760. The van der Waals surface area contributed by atoms with E-state index in [1.54, 1.807) is 0 Å². The second-order valence-corrected chi connectivity index (χ2v) is 5.87. The number of carboxylic acid groups (broad SMARTS) is 1. The van der Waals surface area contributed by atoms with E-state index >= 15 is 0 Å². The molecule has 2 aromatic rings. The second-order valence-electron chi connectivity index (χ2n) is 3.89. The molecule has 0 fully saturated rings. The minimum Gasteiger partial charge on any atom is -0.476 e. The Bertz CT molecular complexity index is 797. The summed E-state index contributed by atoms with van der Waals surface area (Å²) in [5.74, 6) is -4.41. The van der Waals surface area contributed by atoms with Gasteiger partial charge in [0.15, 0.2) is 27.1 Å². The van der Waals surface area contributed by atoms with Crippen LogP contribution in [0, 0.1) is 11.6 Å². The Labute approximate surface area is 111 Å². The molecule has 1 aromatic carbocycles. The molecule has 1 aromatic heterocycles. The molecule has 0 spiro atoms. The number of nitrogens with zero attached hydrogens (tertiary/aromatic N) is 1. The number of carbonyl (C=O) groups is 1. The molecular weight excluding hydrogens is 296 g/mol. The molecule has 6 nitrogen and oxygen atoms in total. The molecule has 0 aliphatic rings. The minimum atomic E-state index is -3.91. The fourth-order valence-electron chi connectivity index (χ4n) is 1.54. The quantitative estimate of drug-likeness (QED) is 0.867. The van der Waals surface area contributed by atoms with Crippen molar-refractivity contribution >= 4 is 15.8 Å². The van der Waals surface area contributed by atoms with Crippen LogP contribution in [0.1, 0.15) is 10.5 Å². The number of rotatable bonds is 3. The molecule has 9 heteroatoms. The van der Waals surface area contributed by atoms with Crippen LogP contribution in [0.3, 0.4) is 0 Å². The smallest absolute Gasteiger partial charge is 0.358 e. The van der Waals surface area contributed by atoms with E-state index < -0.39 is 49.4 Å². The highest BCUT2D eigenvalue weighted by Gasteiger charge is 2.24. The summed E-state index contributed by atoms with van der Waals surface area (Å²) in [5, 5.41) is 11.8. The Hall–Kier alpha value is -2.29. The average Bonchev–Trinajstić information content (AvgIpc) is 2.76. The fraction of sp³-hybridized carbons (Fsp3) is 0.0909. The molecule has 0 atom stereocenters. The first-order valence-corrected chi connectivity index (χ1v) is 6.99. The van der Waals surface area contributed by atoms with E-state index in [9.17, 15) is 22.0 Å². The van der Waals surface area contributed by atoms with Crippen LogP contribution < -0.4 is 0 Å². The van der Waals surface area contributed by atoms with Gasteiger partial charge in [0, 0.05) is 12.3 Å². The maximum atomic E-state index is 14.1. The molecular formula is C11H7F2NO5S. The van der Waals surface area contributed by atoms with Crippen molar-refractivity contribution in [2.45, 2.75) is 4.90 Å². The van der Waals surface area contributed by atoms with Crippen LogP contribution in [0.2, 0.25) is 0 Å². The van der Waals surface area contributed by atoms with Crippen LogP contribution in [0.25, 0.3) is 11.3 Å². The lowest BCUT2D eigenvalue weighted by Crippen LogP contribution is -2.03. The van der Waals surface area contributed by atoms with E-state index in [-0.39, 0.29) is 0 Å². The van der Waals surface area contributed by atoms with E-state index in [0.717, 1.165) is 24.5 Å². The topological polar surface area (TPSA) is 97.5 Å². The SMILES string of the molecule is CS(=O)(=O)c1ccc(F)c(-c2cc(C(=O)O)no2)c1F. The van der Waals surface area contributed by atoms with Gasteiger partial charge < -0.3 is 9.63 Å². The normalized spacial score (nSPS) is 11.6. The predicted molar refractivity (Wildman–Crippen MR) is 61.9 cm³/mol. The first-order chi connectivity index (χ1) is 9.21. The van der Waals surface area contributed by atoms with Gasteiger partial charge in [-0.15, -0.1) is 0 Å². The molecule has 1 N–H and O–H groups in total. The van der Waals surface area contributed by atoms with Crippen LogP contribution in [-0.2, 0) is 9.84 Å². The largest absolute Gasteiger partial charge is 0.476 e. The Morgan fingerprint density at radius 1 is 1.35 bits per heavy atom. The van der Waals surface area contributed by atoms with Crippen molar-refractivity contribution in [3.8, 4) is 11.3 Å². The van der Waals surface area contributed by atoms with Gasteiger partial charge in [-0.2, -0.15) is 0 Å². The highest BCUT2D eigenvalue weighted by Crippen LogP contribution is 2.30. The summed E-state index contributed by atoms with van der Waals surface area (Å²) in [7, 11) is -3.91. The van der Waals surface area contributed by atoms with Gasteiger partial charge in [-0.1, -0.05) is 5.16 Å². The van der Waals surface area contributed by atoms with Crippen LogP contribution in [0.5, 0.6) is 0 Å². The molecule has 0 aliphatic carbocycles. The lowest BCUT2D eigenvalue weighted by Gasteiger charge is -2.05. The Kier molecular flexibility index (Phi) is 3.30. The van der Waals surface area contributed by atoms with Gasteiger partial charge in [-0.05, 0) is 12.1 Å². The molecule has 0 bridgehead atoms. The van der Waals surface area contributed by atoms with Crippen LogP contribution in [0.4, 0.5) is 8.78 Å². The lowest BCUT2D eigenvalue weighted by atomic mass is 10.1. The van der Waals surface area contributed by atoms with E-state index in [0.29, 0.717) is 0 Å². The molecule has 0 saturated heterocycles. The Morgan fingerprint density at radius 2 is 2.00 bits per heavy atom. The molecule has 2 rings (SSSR count). The molecule has 20 heavy (non-hydrogen) atoms. The number of aromatic nitrogens is 1. The highest BCUT2D eigenvalue weighted by atomic mass is 32.2. The number of carboxylic acids is 1. The van der Waals surface area contributed by atoms with E-state index in [1.807, 2.05) is 0 Å². The standard InChI is InChI=1S/C11H7F2NO5S/c1-20(17,18)8-3-2-5(12)9(10(8)13)7-4-6(11(15)16)14-19-7/h2-4H,1H3,(H,15,16). The summed E-state index contributed by atoms with van der Waals surface area (Å²) in [6.45, 7) is 0. The molecule has 0 aliphatic heterocycles. The fourth-order valence-corrected chi connectivity index (χ4v) is 2.28. The maximum Gasteiger partial charge on any atom is 0.358 e. The van der Waals surface area contributed by atoms with Gasteiger partial charge in [0.05, 0.1) is 5.56 Å². The van der Waals surface area contributed by atoms with Crippen molar-refractivity contribution in [3.63, 3.8) is 0 Å². The van der Waals surface area contributed by atoms with Crippen LogP contribution in [-0.4, -0.2) is 30.9 Å². The maximum absolute atomic E-state index is 14.1. The van der Waals surface area contributed by atoms with E-state index in [2.05, 4.69) is 9.68 Å². The average molecular weight is 303 g/mol. The summed E-state index contributed by atoms with van der Waals surface area (Å²) in [5.41, 5.74) is -1.34. The van der Waals surface area contributed by atoms with Crippen molar-refractivity contribution in [1.29, 1.82) is 0 Å². The van der Waals surface area contributed by atoms with Gasteiger partial charge in [-0.25, -0.2) is 22.0 Å². The summed E-state index contributed by atoms with van der Waals surface area (Å²) < 4.78 is 55.0. The van der Waals surface area contributed by atoms with Crippen molar-refractivity contribution in [2.75, 3.05) is 6.26 Å². The minimum absolute atomic E-state index is 0.511. The van der Waals surface area contributed by atoms with Crippen molar-refractivity contribution in [2.24, 2.45) is 0 Å². The molecule has 0 radical (unpaired) electrons. The van der Waals surface area contributed by atoms with Crippen LogP contribution in [0.15, 0.2) is 27.6 Å². The number of sulfone groups is 1. The zero-order chi connectivity index (χ0) is 15.1. The molecule has 1 heterocycles. The van der Waals surface area contributed by atoms with Gasteiger partial charge >= 0.3 is 5.97 Å². The van der Waals surface area contributed by atoms with Gasteiger partial charge in [0.1, 0.15) is 10.7 Å². The lowest BCUT2D eigenvalue weighted by molar-refractivity contribution is 0.0686. The third kappa shape index (κ3) is 2.39. The molecule has 0 unspecified atom stereocenters. The number of hydrogen-bond donors (Lipinski definition) is 1. The van der Waals surface area contributed by atoms with E-state index in [4.69, 9.17) is 5.11 Å². The summed E-state index contributed by atoms with van der Waals surface area (Å²) >= 11 is 0. The van der Waals surface area contributed by atoms with E-state index in [1.165, 1.54) is 0 Å². The predicted octanol–water partition coefficient (Wildman–Crippen LogP) is 1.72. The summed E-state index contributed by atoms with van der Waals surface area (Å²) in [4.78, 5) is 9.92. The van der Waals surface area contributed by atoms with Gasteiger partial charge in [-0.3, -0.25) is 0 Å². The number of hydrogen-bond acceptors (Lipinski definition) is 5. The number of benzene rings is 1. The van der Waals surface area contributed by atoms with Crippen molar-refractivity contribution in [1.82, 2.24) is 5.16 Å². The highest BCUT2D eigenvalue weighted by molar-refractivity contribution is 7.90. The van der Waals surface area contributed by atoms with Crippen molar-refractivity contribution in [3.05, 3.63) is 35.5 Å². The molecule has 0 saturated carbocycles. The van der Waals surface area contributed by atoms with Crippen LogP contribution >= 0.6 is 0 Å². The molecule has 106 valence electrons. The van der Waals surface area contributed by atoms with Crippen molar-refractivity contribution < 1.29 is 31.6 Å². The Balaban J connectivity index is 2.70. The molecule has 0 amide bonds. The first-order valence-electron chi connectivity index (χ1n) is 5.10. The third-order valence-electron chi connectivity index (χ3n) is 2.43. The second kappa shape index (κ2) is 4.67. The Morgan fingerprint density at radius 3 is 2.50 bits per heavy atom. The zero-order valence-electron chi connectivity index (χ0n) is 9.92. The first kappa shape index (κ1) is 14.1. The zero-order valence-corrected chi connectivity index (χ0v) is 10.7. The summed E-state index contributed by atoms with van der Waals surface area (Å²) in [6, 6.07) is 2.33. The third-order valence-corrected chi connectivity index (χ3v) is 3.55. The number of aromatic carboxylic acids is 1. The number of halogens is 2. The van der Waals surface area contributed by atoms with Gasteiger partial charge in [0.25, 0.3) is 0 Å². The van der Waals surface area contributed by atoms with Gasteiger partial charge in [0.2, 0.25) is 0 Å².